The zero-order chi connectivity index (χ0) is 17.1. The Kier molecular flexibility index (Phi) is 3.41. The van der Waals surface area contributed by atoms with Crippen molar-refractivity contribution in [1.82, 2.24) is 0 Å². The Morgan fingerprint density at radius 2 is 2.04 bits per heavy atom. The van der Waals surface area contributed by atoms with Gasteiger partial charge in [0.2, 0.25) is 0 Å². The summed E-state index contributed by atoms with van der Waals surface area (Å²) >= 11 is 0. The van der Waals surface area contributed by atoms with Crippen LogP contribution >= 0.6 is 0 Å². The van der Waals surface area contributed by atoms with Crippen molar-refractivity contribution >= 4 is 0 Å². The van der Waals surface area contributed by atoms with Crippen LogP contribution in [0, 0.1) is 29.6 Å². The third-order valence-corrected chi connectivity index (χ3v) is 7.41. The number of phenols is 1. The van der Waals surface area contributed by atoms with Crippen LogP contribution in [0.2, 0.25) is 0 Å². The first-order valence-corrected chi connectivity index (χ1v) is 9.03. The fraction of sp³-hybridized carbons (Fsp3) is 0.619. The molecule has 0 unspecified atom stereocenters. The van der Waals surface area contributed by atoms with Gasteiger partial charge in [0.05, 0.1) is 7.11 Å². The minimum atomic E-state index is -0.949. The van der Waals surface area contributed by atoms with Gasteiger partial charge in [-0.15, -0.1) is 6.42 Å². The van der Waals surface area contributed by atoms with Gasteiger partial charge in [0.15, 0.2) is 11.5 Å². The van der Waals surface area contributed by atoms with Gasteiger partial charge in [-0.3, -0.25) is 0 Å². The van der Waals surface area contributed by atoms with Crippen molar-refractivity contribution in [2.24, 2.45) is 17.3 Å². The lowest BCUT2D eigenvalue weighted by molar-refractivity contribution is -0.0647. The average Bonchev–Trinajstić information content (AvgIpc) is 2.86. The number of phenolic OH excluding ortho intramolecular Hbond substituents is 1. The third kappa shape index (κ3) is 1.90. The van der Waals surface area contributed by atoms with Crippen molar-refractivity contribution in [2.45, 2.75) is 57.0 Å². The van der Waals surface area contributed by atoms with Gasteiger partial charge in [0, 0.05) is 5.41 Å². The molecule has 24 heavy (non-hydrogen) atoms. The first kappa shape index (κ1) is 15.8. The van der Waals surface area contributed by atoms with E-state index < -0.39 is 5.60 Å². The van der Waals surface area contributed by atoms with Crippen molar-refractivity contribution in [2.75, 3.05) is 7.11 Å². The number of aryl methyl sites for hydroxylation is 1. The second-order valence-corrected chi connectivity index (χ2v) is 8.14. The van der Waals surface area contributed by atoms with E-state index in [0.717, 1.165) is 38.5 Å². The summed E-state index contributed by atoms with van der Waals surface area (Å²) in [4.78, 5) is 0. The molecular weight excluding hydrogens is 300 g/mol. The molecule has 2 saturated carbocycles. The van der Waals surface area contributed by atoms with E-state index in [2.05, 4.69) is 12.8 Å². The number of aliphatic hydroxyl groups is 1. The summed E-state index contributed by atoms with van der Waals surface area (Å²) in [7, 11) is 1.60. The smallest absolute Gasteiger partial charge is 0.160 e. The molecule has 3 aliphatic carbocycles. The quantitative estimate of drug-likeness (QED) is 0.775. The predicted molar refractivity (Wildman–Crippen MR) is 93.1 cm³/mol. The van der Waals surface area contributed by atoms with E-state index in [1.807, 2.05) is 12.1 Å². The van der Waals surface area contributed by atoms with Gasteiger partial charge in [0.1, 0.15) is 5.60 Å². The Balaban J connectivity index is 1.73. The summed E-state index contributed by atoms with van der Waals surface area (Å²) < 4.78 is 5.33. The standard InChI is InChI=1S/C21H26O3/c1-4-21(23)10-8-17-15-6-5-13-11-18(22)19(24-3)12-16(13)14(15)7-9-20(17,21)2/h1,11-12,14-15,17,22-23H,5-10H2,2-3H3/t14-,15+,17-,20-,21-/m0/s1. The van der Waals surface area contributed by atoms with Crippen molar-refractivity contribution in [1.29, 1.82) is 0 Å². The molecule has 2 N–H and O–H groups in total. The van der Waals surface area contributed by atoms with Crippen LogP contribution in [0.5, 0.6) is 11.5 Å². The number of benzene rings is 1. The summed E-state index contributed by atoms with van der Waals surface area (Å²) in [5, 5.41) is 21.0. The Morgan fingerprint density at radius 1 is 1.25 bits per heavy atom. The lowest BCUT2D eigenvalue weighted by Gasteiger charge is -2.52. The van der Waals surface area contributed by atoms with E-state index >= 15 is 0 Å². The SMILES string of the molecule is C#C[C@]1(O)CC[C@H]2[C@@H]3CCc4cc(O)c(OC)cc4[C@H]3CC[C@@]21C. The Labute approximate surface area is 144 Å². The van der Waals surface area contributed by atoms with Gasteiger partial charge in [0.25, 0.3) is 0 Å². The molecular formula is C21H26O3. The molecule has 128 valence electrons. The number of hydrogen-bond donors (Lipinski definition) is 2. The van der Waals surface area contributed by atoms with Crippen LogP contribution in [0.1, 0.15) is 56.1 Å². The number of hydrogen-bond acceptors (Lipinski definition) is 3. The van der Waals surface area contributed by atoms with Crippen molar-refractivity contribution in [3.8, 4) is 23.8 Å². The van der Waals surface area contributed by atoms with Crippen LogP contribution < -0.4 is 4.74 Å². The first-order valence-electron chi connectivity index (χ1n) is 9.03. The lowest BCUT2D eigenvalue weighted by Crippen LogP contribution is -2.50. The van der Waals surface area contributed by atoms with E-state index in [4.69, 9.17) is 11.2 Å². The van der Waals surface area contributed by atoms with Crippen molar-refractivity contribution < 1.29 is 14.9 Å². The highest BCUT2D eigenvalue weighted by Crippen LogP contribution is 2.64. The minimum Gasteiger partial charge on any atom is -0.504 e. The molecule has 0 aromatic heterocycles. The van der Waals surface area contributed by atoms with Gasteiger partial charge in [-0.1, -0.05) is 12.8 Å². The maximum atomic E-state index is 11.0. The van der Waals surface area contributed by atoms with Gasteiger partial charge < -0.3 is 14.9 Å². The van der Waals surface area contributed by atoms with E-state index in [9.17, 15) is 10.2 Å². The number of terminal acetylenes is 1. The van der Waals surface area contributed by atoms with Crippen LogP contribution in [-0.2, 0) is 6.42 Å². The van der Waals surface area contributed by atoms with Gasteiger partial charge in [-0.05, 0) is 79.5 Å². The second kappa shape index (κ2) is 5.17. The third-order valence-electron chi connectivity index (χ3n) is 7.41. The molecule has 0 saturated heterocycles. The maximum absolute atomic E-state index is 11.0. The highest BCUT2D eigenvalue weighted by Gasteiger charge is 2.61. The molecule has 3 nitrogen and oxygen atoms in total. The fourth-order valence-electron chi connectivity index (χ4n) is 6.00. The van der Waals surface area contributed by atoms with Gasteiger partial charge in [-0.2, -0.15) is 0 Å². The van der Waals surface area contributed by atoms with Crippen LogP contribution in [0.25, 0.3) is 0 Å². The summed E-state index contributed by atoms with van der Waals surface area (Å²) in [5.74, 6) is 5.05. The summed E-state index contributed by atoms with van der Waals surface area (Å²) in [6.07, 6.45) is 11.6. The molecule has 0 aliphatic heterocycles. The minimum absolute atomic E-state index is 0.165. The summed E-state index contributed by atoms with van der Waals surface area (Å²) in [5.41, 5.74) is 1.47. The Morgan fingerprint density at radius 3 is 2.75 bits per heavy atom. The second-order valence-electron chi connectivity index (χ2n) is 8.14. The van der Waals surface area contributed by atoms with Crippen molar-refractivity contribution in [3.63, 3.8) is 0 Å². The molecule has 1 aromatic carbocycles. The van der Waals surface area contributed by atoms with E-state index in [1.54, 1.807) is 7.11 Å². The Hall–Kier alpha value is -1.66. The number of aromatic hydroxyl groups is 1. The molecule has 5 atom stereocenters. The highest BCUT2D eigenvalue weighted by atomic mass is 16.5. The largest absolute Gasteiger partial charge is 0.504 e. The molecule has 0 amide bonds. The zero-order valence-corrected chi connectivity index (χ0v) is 14.5. The van der Waals surface area contributed by atoms with Crippen LogP contribution in [-0.4, -0.2) is 22.9 Å². The topological polar surface area (TPSA) is 49.7 Å². The molecule has 1 aromatic rings. The normalized spacial score (nSPS) is 40.2. The van der Waals surface area contributed by atoms with Gasteiger partial charge in [-0.25, -0.2) is 0 Å². The monoisotopic (exact) mass is 326 g/mol. The van der Waals surface area contributed by atoms with Crippen LogP contribution in [0.4, 0.5) is 0 Å². The number of rotatable bonds is 1. The van der Waals surface area contributed by atoms with Gasteiger partial charge >= 0.3 is 0 Å². The van der Waals surface area contributed by atoms with E-state index in [0.29, 0.717) is 23.5 Å². The molecule has 3 aliphatic rings. The molecule has 0 heterocycles. The molecule has 2 fully saturated rings. The number of ether oxygens (including phenoxy) is 1. The Bertz CT molecular complexity index is 719. The lowest BCUT2D eigenvalue weighted by atomic mass is 9.53. The fourth-order valence-corrected chi connectivity index (χ4v) is 6.00. The van der Waals surface area contributed by atoms with Crippen LogP contribution in [0.15, 0.2) is 12.1 Å². The summed E-state index contributed by atoms with van der Waals surface area (Å²) in [6.45, 7) is 2.20. The van der Waals surface area contributed by atoms with E-state index in [1.165, 1.54) is 11.1 Å². The average molecular weight is 326 g/mol. The molecule has 0 radical (unpaired) electrons. The zero-order valence-electron chi connectivity index (χ0n) is 14.5. The maximum Gasteiger partial charge on any atom is 0.160 e. The number of methoxy groups -OCH3 is 1. The number of fused-ring (bicyclic) bond motifs is 5. The molecule has 0 spiro atoms. The molecule has 0 bridgehead atoms. The molecule has 3 heteroatoms. The van der Waals surface area contributed by atoms with E-state index in [-0.39, 0.29) is 11.2 Å². The predicted octanol–water partition coefficient (Wildman–Crippen LogP) is 3.62. The van der Waals surface area contributed by atoms with Crippen LogP contribution in [0.3, 0.4) is 0 Å². The molecule has 4 rings (SSSR count). The summed E-state index contributed by atoms with van der Waals surface area (Å²) in [6, 6.07) is 3.91. The first-order chi connectivity index (χ1) is 11.4. The van der Waals surface area contributed by atoms with Crippen molar-refractivity contribution in [3.05, 3.63) is 23.3 Å². The highest BCUT2D eigenvalue weighted by molar-refractivity contribution is 5.49.